The monoisotopic (exact) mass is 573 g/mol. The van der Waals surface area contributed by atoms with Gasteiger partial charge in [0.1, 0.15) is 23.3 Å². The molecule has 2 amide bonds. The summed E-state index contributed by atoms with van der Waals surface area (Å²) in [7, 11) is 0. The summed E-state index contributed by atoms with van der Waals surface area (Å²) in [5, 5.41) is 6.46. The van der Waals surface area contributed by atoms with E-state index >= 15 is 0 Å². The predicted molar refractivity (Wildman–Crippen MR) is 163 cm³/mol. The minimum atomic E-state index is -0.528. The number of rotatable bonds is 7. The van der Waals surface area contributed by atoms with Crippen molar-refractivity contribution in [1.82, 2.24) is 9.88 Å². The van der Waals surface area contributed by atoms with Crippen LogP contribution in [0.15, 0.2) is 60.8 Å². The first kappa shape index (κ1) is 29.2. The smallest absolute Gasteiger partial charge is 0.410 e. The third-order valence-corrected chi connectivity index (χ3v) is 7.05. The number of benzene rings is 2. The molecule has 3 heterocycles. The molecule has 42 heavy (non-hydrogen) atoms. The third-order valence-electron chi connectivity index (χ3n) is 7.05. The molecule has 10 nitrogen and oxygen atoms in total. The minimum Gasteiger partial charge on any atom is -0.488 e. The van der Waals surface area contributed by atoms with Gasteiger partial charge in [-0.15, -0.1) is 0 Å². The molecule has 2 aliphatic rings. The van der Waals surface area contributed by atoms with Gasteiger partial charge in [0.2, 0.25) is 0 Å². The van der Waals surface area contributed by atoms with Crippen molar-refractivity contribution in [2.75, 3.05) is 54.9 Å². The highest BCUT2D eigenvalue weighted by molar-refractivity contribution is 6.05. The molecule has 0 radical (unpaired) electrons. The first-order valence-electron chi connectivity index (χ1n) is 14.4. The molecule has 0 spiro atoms. The lowest BCUT2D eigenvalue weighted by Crippen LogP contribution is -2.36. The number of anilines is 4. The van der Waals surface area contributed by atoms with E-state index in [1.807, 2.05) is 76.2 Å². The fourth-order valence-corrected chi connectivity index (χ4v) is 4.87. The van der Waals surface area contributed by atoms with Gasteiger partial charge in [0.25, 0.3) is 5.91 Å². The van der Waals surface area contributed by atoms with Gasteiger partial charge in [0.15, 0.2) is 0 Å². The Labute approximate surface area is 247 Å². The molecule has 2 aromatic carbocycles. The number of aryl methyl sites for hydroxylation is 1. The normalized spacial score (nSPS) is 17.1. The number of nitrogens with one attached hydrogen (secondary N) is 2. The van der Waals surface area contributed by atoms with Crippen LogP contribution in [0.4, 0.5) is 27.7 Å². The Balaban J connectivity index is 1.20. The first-order chi connectivity index (χ1) is 20.1. The van der Waals surface area contributed by atoms with Gasteiger partial charge in [-0.25, -0.2) is 9.78 Å². The van der Waals surface area contributed by atoms with E-state index in [-0.39, 0.29) is 18.1 Å². The topological polar surface area (TPSA) is 105 Å². The van der Waals surface area contributed by atoms with Crippen LogP contribution in [0, 0.1) is 6.92 Å². The number of nitrogens with zero attached hydrogens (tertiary/aromatic N) is 3. The number of pyridine rings is 1. The molecule has 3 aromatic rings. The van der Waals surface area contributed by atoms with Gasteiger partial charge in [-0.1, -0.05) is 12.1 Å². The quantitative estimate of drug-likeness (QED) is 0.376. The number of carbonyl (C=O) groups is 2. The van der Waals surface area contributed by atoms with Crippen molar-refractivity contribution in [2.45, 2.75) is 45.8 Å². The lowest BCUT2D eigenvalue weighted by molar-refractivity contribution is 0.0275. The highest BCUT2D eigenvalue weighted by Crippen LogP contribution is 2.28. The summed E-state index contributed by atoms with van der Waals surface area (Å²) in [5.41, 5.74) is 3.44. The van der Waals surface area contributed by atoms with Crippen LogP contribution in [0.5, 0.6) is 5.75 Å². The van der Waals surface area contributed by atoms with Gasteiger partial charge >= 0.3 is 6.09 Å². The Morgan fingerprint density at radius 2 is 1.81 bits per heavy atom. The zero-order valence-electron chi connectivity index (χ0n) is 24.7. The number of hydrogen-bond acceptors (Lipinski definition) is 8. The maximum atomic E-state index is 13.1. The van der Waals surface area contributed by atoms with Crippen molar-refractivity contribution in [2.24, 2.45) is 0 Å². The van der Waals surface area contributed by atoms with E-state index in [4.69, 9.17) is 14.2 Å². The minimum absolute atomic E-state index is 0.106. The summed E-state index contributed by atoms with van der Waals surface area (Å²) in [6, 6.07) is 17.0. The summed E-state index contributed by atoms with van der Waals surface area (Å²) < 4.78 is 17.1. The number of morpholine rings is 1. The van der Waals surface area contributed by atoms with Crippen LogP contribution in [0.25, 0.3) is 0 Å². The van der Waals surface area contributed by atoms with E-state index in [2.05, 4.69) is 20.5 Å². The fraction of sp³-hybridized carbons (Fsp3) is 0.406. The van der Waals surface area contributed by atoms with E-state index in [0.29, 0.717) is 43.3 Å². The van der Waals surface area contributed by atoms with Gasteiger partial charge in [0, 0.05) is 60.9 Å². The van der Waals surface area contributed by atoms with Crippen molar-refractivity contribution >= 4 is 34.9 Å². The summed E-state index contributed by atoms with van der Waals surface area (Å²) in [4.78, 5) is 33.7. The predicted octanol–water partition coefficient (Wildman–Crippen LogP) is 5.61. The van der Waals surface area contributed by atoms with Crippen LogP contribution >= 0.6 is 0 Å². The maximum Gasteiger partial charge on any atom is 0.410 e. The Hall–Kier alpha value is -4.31. The summed E-state index contributed by atoms with van der Waals surface area (Å²) in [6.07, 6.45) is 1.98. The molecule has 1 aromatic heterocycles. The molecule has 2 aliphatic heterocycles. The second kappa shape index (κ2) is 12.7. The van der Waals surface area contributed by atoms with Crippen molar-refractivity contribution in [1.29, 1.82) is 0 Å². The Bertz CT molecular complexity index is 1420. The zero-order valence-corrected chi connectivity index (χ0v) is 24.7. The highest BCUT2D eigenvalue weighted by atomic mass is 16.6. The van der Waals surface area contributed by atoms with E-state index in [0.717, 1.165) is 42.3 Å². The maximum absolute atomic E-state index is 13.1. The van der Waals surface area contributed by atoms with Crippen molar-refractivity contribution in [3.05, 3.63) is 71.9 Å². The molecule has 1 atom stereocenters. The number of hydrogen-bond donors (Lipinski definition) is 2. The molecular weight excluding hydrogens is 534 g/mol. The average Bonchev–Trinajstić information content (AvgIpc) is 3.43. The molecule has 0 aliphatic carbocycles. The first-order valence-corrected chi connectivity index (χ1v) is 14.4. The second-order valence-corrected chi connectivity index (χ2v) is 11.6. The molecule has 0 saturated carbocycles. The number of carbonyl (C=O) groups excluding carboxylic acids is 2. The van der Waals surface area contributed by atoms with Crippen LogP contribution in [0.1, 0.15) is 43.1 Å². The van der Waals surface area contributed by atoms with Crippen LogP contribution in [0.2, 0.25) is 0 Å². The molecular formula is C32H39N5O5. The van der Waals surface area contributed by atoms with Crippen LogP contribution in [0.3, 0.4) is 0 Å². The van der Waals surface area contributed by atoms with E-state index in [9.17, 15) is 9.59 Å². The van der Waals surface area contributed by atoms with Gasteiger partial charge < -0.3 is 34.6 Å². The summed E-state index contributed by atoms with van der Waals surface area (Å²) in [6.45, 7) is 11.5. The fourth-order valence-electron chi connectivity index (χ4n) is 4.87. The Kier molecular flexibility index (Phi) is 8.82. The third kappa shape index (κ3) is 7.70. The molecule has 222 valence electrons. The number of likely N-dealkylation sites (tertiary alicyclic amines) is 1. The number of amides is 2. The van der Waals surface area contributed by atoms with E-state index in [1.165, 1.54) is 0 Å². The van der Waals surface area contributed by atoms with Crippen molar-refractivity contribution < 1.29 is 23.8 Å². The zero-order chi connectivity index (χ0) is 29.7. The van der Waals surface area contributed by atoms with Crippen LogP contribution in [-0.2, 0) is 9.47 Å². The molecule has 2 fully saturated rings. The standard InChI is InChI=1S/C32H39N5O5/c1-22-8-9-25(35-30(38)23-10-12-33-29(18-23)36-14-16-40-17-15-36)20-28(22)34-24-6-5-7-26(19-24)41-27-11-13-37(21-27)31(39)42-32(2,3)4/h5-10,12,18-20,27,34H,11,13-17,21H2,1-4H3,(H,35,38). The average molecular weight is 574 g/mol. The van der Waals surface area contributed by atoms with Crippen molar-refractivity contribution in [3.8, 4) is 5.75 Å². The number of ether oxygens (including phenoxy) is 3. The summed E-state index contributed by atoms with van der Waals surface area (Å²) >= 11 is 0. The molecule has 10 heteroatoms. The van der Waals surface area contributed by atoms with E-state index in [1.54, 1.807) is 17.2 Å². The molecule has 0 bridgehead atoms. The van der Waals surface area contributed by atoms with Gasteiger partial charge in [0.05, 0.1) is 19.8 Å². The Morgan fingerprint density at radius 1 is 1.00 bits per heavy atom. The van der Waals surface area contributed by atoms with Crippen LogP contribution in [-0.4, -0.2) is 73.0 Å². The van der Waals surface area contributed by atoms with E-state index < -0.39 is 5.60 Å². The lowest BCUT2D eigenvalue weighted by atomic mass is 10.1. The van der Waals surface area contributed by atoms with Crippen molar-refractivity contribution in [3.63, 3.8) is 0 Å². The molecule has 2 saturated heterocycles. The SMILES string of the molecule is Cc1ccc(NC(=O)c2ccnc(N3CCOCC3)c2)cc1Nc1cccc(OC2CCN(C(=O)OC(C)(C)C)C2)c1. The molecule has 1 unspecified atom stereocenters. The van der Waals surface area contributed by atoms with Gasteiger partial charge in [-0.2, -0.15) is 0 Å². The highest BCUT2D eigenvalue weighted by Gasteiger charge is 2.31. The number of aromatic nitrogens is 1. The molecule has 5 rings (SSSR count). The van der Waals surface area contributed by atoms with Crippen LogP contribution < -0.4 is 20.3 Å². The lowest BCUT2D eigenvalue weighted by Gasteiger charge is -2.27. The van der Waals surface area contributed by atoms with Gasteiger partial charge in [-0.3, -0.25) is 4.79 Å². The Morgan fingerprint density at radius 3 is 2.60 bits per heavy atom. The van der Waals surface area contributed by atoms with Gasteiger partial charge in [-0.05, 0) is 69.7 Å². The second-order valence-electron chi connectivity index (χ2n) is 11.6. The molecule has 2 N–H and O–H groups in total. The largest absolute Gasteiger partial charge is 0.488 e. The summed E-state index contributed by atoms with van der Waals surface area (Å²) in [5.74, 6) is 1.29.